The molecule has 1 aliphatic carbocycles. The maximum Gasteiger partial charge on any atom is 0.338 e. The molecule has 3 heterocycles. The van der Waals surface area contributed by atoms with Crippen LogP contribution in [0.4, 0.5) is 5.00 Å². The van der Waals surface area contributed by atoms with E-state index in [1.165, 1.54) is 4.88 Å². The minimum atomic E-state index is -0.349. The highest BCUT2D eigenvalue weighted by Crippen LogP contribution is 2.45. The molecule has 1 atom stereocenters. The third-order valence-corrected chi connectivity index (χ3v) is 8.48. The van der Waals surface area contributed by atoms with E-state index in [2.05, 4.69) is 26.1 Å². The van der Waals surface area contributed by atoms with E-state index in [1.54, 1.807) is 42.9 Å². The van der Waals surface area contributed by atoms with Gasteiger partial charge < -0.3 is 18.9 Å². The number of aliphatic imine (C=N–C) groups is 1. The Morgan fingerprint density at radius 3 is 2.65 bits per heavy atom. The predicted octanol–water partition coefficient (Wildman–Crippen LogP) is 7.61. The van der Waals surface area contributed by atoms with Crippen LogP contribution >= 0.6 is 11.3 Å². The average molecular weight is 559 g/mol. The molecule has 1 aromatic carbocycles. The number of ether oxygens (including phenoxy) is 1. The summed E-state index contributed by atoms with van der Waals surface area (Å²) in [6, 6.07) is 14.5. The molecule has 3 aromatic heterocycles. The van der Waals surface area contributed by atoms with Crippen LogP contribution in [0.5, 0.6) is 0 Å². The van der Waals surface area contributed by atoms with Crippen molar-refractivity contribution in [1.29, 1.82) is 0 Å². The first kappa shape index (κ1) is 27.6. The molecule has 1 N–H and O–H groups in total. The van der Waals surface area contributed by atoms with Gasteiger partial charge in [0.1, 0.15) is 22.3 Å². The van der Waals surface area contributed by atoms with Crippen molar-refractivity contribution in [3.63, 3.8) is 0 Å². The van der Waals surface area contributed by atoms with Crippen LogP contribution < -0.4 is 5.32 Å². The van der Waals surface area contributed by atoms with Crippen LogP contribution in [-0.2, 0) is 24.1 Å². The van der Waals surface area contributed by atoms with Gasteiger partial charge in [-0.25, -0.2) is 9.79 Å². The third-order valence-electron chi connectivity index (χ3n) is 7.32. The normalized spacial score (nSPS) is 15.2. The zero-order valence-electron chi connectivity index (χ0n) is 23.3. The van der Waals surface area contributed by atoms with Crippen LogP contribution in [0.25, 0.3) is 11.3 Å². The fourth-order valence-electron chi connectivity index (χ4n) is 4.99. The number of hydrogen-bond donors (Lipinski definition) is 1. The predicted molar refractivity (Wildman–Crippen MR) is 157 cm³/mol. The Morgan fingerprint density at radius 1 is 1.15 bits per heavy atom. The van der Waals surface area contributed by atoms with Crippen molar-refractivity contribution in [2.45, 2.75) is 53.5 Å². The smallest absolute Gasteiger partial charge is 0.338 e. The zero-order valence-corrected chi connectivity index (χ0v) is 24.1. The molecular formula is C32H34N2O5S. The first-order chi connectivity index (χ1) is 19.2. The summed E-state index contributed by atoms with van der Waals surface area (Å²) < 4.78 is 16.5. The molecule has 0 radical (unpaired) electrons. The summed E-state index contributed by atoms with van der Waals surface area (Å²) in [7, 11) is 0. The second-order valence-corrected chi connectivity index (χ2v) is 12.1. The van der Waals surface area contributed by atoms with E-state index in [0.29, 0.717) is 52.5 Å². The second-order valence-electron chi connectivity index (χ2n) is 11.0. The highest BCUT2D eigenvalue weighted by atomic mass is 32.1. The molecule has 0 aliphatic heterocycles. The van der Waals surface area contributed by atoms with E-state index in [0.717, 1.165) is 30.4 Å². The monoisotopic (exact) mass is 558 g/mol. The Bertz CT molecular complexity index is 1500. The van der Waals surface area contributed by atoms with E-state index in [-0.39, 0.29) is 17.3 Å². The molecule has 40 heavy (non-hydrogen) atoms. The lowest BCUT2D eigenvalue weighted by Crippen LogP contribution is -2.28. The lowest BCUT2D eigenvalue weighted by molar-refractivity contribution is 0.0526. The Morgan fingerprint density at radius 2 is 1.95 bits per heavy atom. The largest absolute Gasteiger partial charge is 0.467 e. The highest BCUT2D eigenvalue weighted by molar-refractivity contribution is 7.16. The highest BCUT2D eigenvalue weighted by Gasteiger charge is 2.33. The van der Waals surface area contributed by atoms with Gasteiger partial charge in [-0.2, -0.15) is 0 Å². The molecule has 1 amide bonds. The number of rotatable bonds is 8. The van der Waals surface area contributed by atoms with Crippen molar-refractivity contribution in [3.8, 4) is 11.3 Å². The van der Waals surface area contributed by atoms with Crippen molar-refractivity contribution < 1.29 is 23.2 Å². The van der Waals surface area contributed by atoms with E-state index in [4.69, 9.17) is 18.6 Å². The Kier molecular flexibility index (Phi) is 8.07. The van der Waals surface area contributed by atoms with E-state index in [9.17, 15) is 9.59 Å². The first-order valence-electron chi connectivity index (χ1n) is 13.6. The molecule has 0 saturated heterocycles. The van der Waals surface area contributed by atoms with Crippen molar-refractivity contribution >= 4 is 34.4 Å². The summed E-state index contributed by atoms with van der Waals surface area (Å²) in [4.78, 5) is 31.3. The minimum absolute atomic E-state index is 0.142. The number of carbonyl (C=O) groups excluding carboxylic acids is 2. The number of thiophene rings is 1. The summed E-state index contributed by atoms with van der Waals surface area (Å²) in [6.45, 7) is 9.28. The first-order valence-corrected chi connectivity index (χ1v) is 14.4. The van der Waals surface area contributed by atoms with E-state index in [1.807, 2.05) is 36.4 Å². The third kappa shape index (κ3) is 6.12. The fourth-order valence-corrected chi connectivity index (χ4v) is 6.26. The van der Waals surface area contributed by atoms with Crippen molar-refractivity contribution in [3.05, 3.63) is 87.9 Å². The fraction of sp³-hybridized carbons (Fsp3) is 0.344. The molecule has 4 aromatic rings. The Balaban J connectivity index is 1.38. The van der Waals surface area contributed by atoms with Gasteiger partial charge in [0.05, 0.1) is 36.8 Å². The van der Waals surface area contributed by atoms with Gasteiger partial charge in [0.15, 0.2) is 0 Å². The Hall–Kier alpha value is -3.91. The van der Waals surface area contributed by atoms with Gasteiger partial charge in [0, 0.05) is 10.4 Å². The minimum Gasteiger partial charge on any atom is -0.467 e. The van der Waals surface area contributed by atoms with Gasteiger partial charge in [0.2, 0.25) is 0 Å². The van der Waals surface area contributed by atoms with E-state index < -0.39 is 0 Å². The topological polar surface area (TPSA) is 94.0 Å². The summed E-state index contributed by atoms with van der Waals surface area (Å²) in [6.07, 6.45) is 6.12. The molecule has 0 saturated carbocycles. The second kappa shape index (κ2) is 11.7. The number of furan rings is 2. The number of hydrogen-bond acceptors (Lipinski definition) is 7. The van der Waals surface area contributed by atoms with Crippen molar-refractivity contribution in [2.75, 3.05) is 6.61 Å². The molecule has 0 fully saturated rings. The van der Waals surface area contributed by atoms with Gasteiger partial charge in [-0.1, -0.05) is 32.9 Å². The van der Waals surface area contributed by atoms with Crippen LogP contribution in [0.3, 0.4) is 0 Å². The Labute approximate surface area is 238 Å². The van der Waals surface area contributed by atoms with Crippen LogP contribution in [0.1, 0.15) is 76.8 Å². The number of esters is 1. The molecule has 0 bridgehead atoms. The van der Waals surface area contributed by atoms with Gasteiger partial charge in [0.25, 0.3) is 5.91 Å². The number of amides is 1. The summed E-state index contributed by atoms with van der Waals surface area (Å²) in [5, 5.41) is 3.70. The molecule has 0 unspecified atom stereocenters. The molecule has 8 heteroatoms. The standard InChI is InChI=1S/C32H34N2O5S/c1-5-37-31(36)21-10-8-20(9-11-21)26-15-13-24(39-26)19-34-30-28(29(35)33-18-23-7-6-16-38-23)25-14-12-22(32(2,3)4)17-27(25)40-30/h6-11,13,15-16,19,22H,5,12,14,17-18H2,1-4H3,(H,33,35)/t22-/m1/s1. The number of fused-ring (bicyclic) bond motifs is 1. The summed E-state index contributed by atoms with van der Waals surface area (Å²) >= 11 is 1.60. The van der Waals surface area contributed by atoms with Gasteiger partial charge in [-0.15, -0.1) is 11.3 Å². The van der Waals surface area contributed by atoms with Crippen LogP contribution in [0, 0.1) is 11.3 Å². The number of benzene rings is 1. The van der Waals surface area contributed by atoms with Crippen molar-refractivity contribution in [2.24, 2.45) is 16.3 Å². The molecule has 0 spiro atoms. The molecule has 5 rings (SSSR count). The lowest BCUT2D eigenvalue weighted by atomic mass is 9.72. The SMILES string of the molecule is CCOC(=O)c1ccc(-c2ccc(C=Nc3sc4c(c3C(=O)NCc3ccco3)CC[C@@H](C(C)(C)C)C4)o2)cc1. The molecule has 7 nitrogen and oxygen atoms in total. The lowest BCUT2D eigenvalue weighted by Gasteiger charge is -2.33. The van der Waals surface area contributed by atoms with Gasteiger partial charge in [-0.3, -0.25) is 4.79 Å². The quantitative estimate of drug-likeness (QED) is 0.177. The van der Waals surface area contributed by atoms with Gasteiger partial charge >= 0.3 is 5.97 Å². The average Bonchev–Trinajstić information content (AvgIpc) is 3.70. The van der Waals surface area contributed by atoms with E-state index >= 15 is 0 Å². The summed E-state index contributed by atoms with van der Waals surface area (Å²) in [5.41, 5.74) is 3.29. The van der Waals surface area contributed by atoms with Crippen LogP contribution in [-0.4, -0.2) is 24.7 Å². The maximum atomic E-state index is 13.4. The van der Waals surface area contributed by atoms with Crippen LogP contribution in [0.15, 0.2) is 68.6 Å². The zero-order chi connectivity index (χ0) is 28.3. The maximum absolute atomic E-state index is 13.4. The van der Waals surface area contributed by atoms with Gasteiger partial charge in [-0.05, 0) is 79.5 Å². The molecule has 208 valence electrons. The number of carbonyl (C=O) groups is 2. The molecular weight excluding hydrogens is 524 g/mol. The van der Waals surface area contributed by atoms with Crippen LogP contribution in [0.2, 0.25) is 0 Å². The van der Waals surface area contributed by atoms with Crippen molar-refractivity contribution in [1.82, 2.24) is 5.32 Å². The number of nitrogens with one attached hydrogen (secondary N) is 1. The summed E-state index contributed by atoms with van der Waals surface area (Å²) in [5.74, 6) is 2.00. The molecule has 1 aliphatic rings. The number of nitrogens with zero attached hydrogens (tertiary/aromatic N) is 1.